The number of rotatable bonds is 6. The normalized spacial score (nSPS) is 14.0. The Labute approximate surface area is 107 Å². The second-order valence-corrected chi connectivity index (χ2v) is 4.68. The van der Waals surface area contributed by atoms with Crippen LogP contribution in [0.1, 0.15) is 35.8 Å². The molecular weight excluding hydrogens is 232 g/mol. The van der Waals surface area contributed by atoms with Gasteiger partial charge in [0.2, 0.25) is 0 Å². The Morgan fingerprint density at radius 1 is 1.56 bits per heavy atom. The van der Waals surface area contributed by atoms with Crippen molar-refractivity contribution in [3.05, 3.63) is 29.6 Å². The van der Waals surface area contributed by atoms with E-state index in [0.29, 0.717) is 18.5 Å². The van der Waals surface area contributed by atoms with Gasteiger partial charge in [-0.15, -0.1) is 0 Å². The molecule has 0 bridgehead atoms. The van der Waals surface area contributed by atoms with E-state index in [9.17, 15) is 9.90 Å². The molecule has 0 saturated heterocycles. The smallest absolute Gasteiger partial charge is 0.270 e. The van der Waals surface area contributed by atoms with Gasteiger partial charge in [-0.25, -0.2) is 0 Å². The molecule has 5 nitrogen and oxygen atoms in total. The number of hydrogen-bond donors (Lipinski definition) is 3. The SMILES string of the molecule is Cc1cccnc1C(=O)NC[C@@](C)(O)CCCO. The molecule has 0 aliphatic carbocycles. The van der Waals surface area contributed by atoms with Gasteiger partial charge in [-0.1, -0.05) is 6.07 Å². The molecule has 0 unspecified atom stereocenters. The lowest BCUT2D eigenvalue weighted by molar-refractivity contribution is 0.0414. The topological polar surface area (TPSA) is 82.5 Å². The minimum Gasteiger partial charge on any atom is -0.396 e. The summed E-state index contributed by atoms with van der Waals surface area (Å²) in [6.45, 7) is 3.62. The summed E-state index contributed by atoms with van der Waals surface area (Å²) in [5.41, 5.74) is 0.154. The van der Waals surface area contributed by atoms with E-state index in [0.717, 1.165) is 5.56 Å². The van der Waals surface area contributed by atoms with Crippen LogP contribution in [0.2, 0.25) is 0 Å². The van der Waals surface area contributed by atoms with Crippen LogP contribution in [0.25, 0.3) is 0 Å². The molecule has 1 atom stereocenters. The molecule has 100 valence electrons. The van der Waals surface area contributed by atoms with Gasteiger partial charge in [0.05, 0.1) is 5.60 Å². The predicted molar refractivity (Wildman–Crippen MR) is 68.3 cm³/mol. The summed E-state index contributed by atoms with van der Waals surface area (Å²) in [7, 11) is 0. The quantitative estimate of drug-likeness (QED) is 0.694. The van der Waals surface area contributed by atoms with Crippen LogP contribution in [0.5, 0.6) is 0 Å². The highest BCUT2D eigenvalue weighted by atomic mass is 16.3. The Morgan fingerprint density at radius 2 is 2.28 bits per heavy atom. The Morgan fingerprint density at radius 3 is 2.89 bits per heavy atom. The van der Waals surface area contributed by atoms with Crippen molar-refractivity contribution in [2.24, 2.45) is 0 Å². The molecule has 0 aliphatic heterocycles. The standard InChI is InChI=1S/C13H20N2O3/c1-10-5-3-7-14-11(10)12(17)15-9-13(2,18)6-4-8-16/h3,5,7,16,18H,4,6,8-9H2,1-2H3,(H,15,17)/t13-/m0/s1. The number of aryl methyl sites for hydroxylation is 1. The Hall–Kier alpha value is -1.46. The van der Waals surface area contributed by atoms with Crippen molar-refractivity contribution in [3.8, 4) is 0 Å². The first-order chi connectivity index (χ1) is 8.46. The average Bonchev–Trinajstić information content (AvgIpc) is 2.34. The molecule has 1 rings (SSSR count). The van der Waals surface area contributed by atoms with Crippen LogP contribution in [0.15, 0.2) is 18.3 Å². The van der Waals surface area contributed by atoms with Gasteiger partial charge in [0.1, 0.15) is 5.69 Å². The lowest BCUT2D eigenvalue weighted by Gasteiger charge is -2.23. The number of pyridine rings is 1. The number of aliphatic hydroxyl groups excluding tert-OH is 1. The Balaban J connectivity index is 2.54. The van der Waals surface area contributed by atoms with Gasteiger partial charge in [-0.2, -0.15) is 0 Å². The van der Waals surface area contributed by atoms with Crippen molar-refractivity contribution >= 4 is 5.91 Å². The number of carbonyl (C=O) groups excluding carboxylic acids is 1. The first-order valence-corrected chi connectivity index (χ1v) is 5.99. The van der Waals surface area contributed by atoms with Crippen molar-refractivity contribution in [2.75, 3.05) is 13.2 Å². The molecule has 0 radical (unpaired) electrons. The summed E-state index contributed by atoms with van der Waals surface area (Å²) in [6.07, 6.45) is 2.50. The molecule has 1 amide bonds. The molecule has 1 aromatic rings. The van der Waals surface area contributed by atoms with Gasteiger partial charge in [0.25, 0.3) is 5.91 Å². The number of carbonyl (C=O) groups is 1. The number of aromatic nitrogens is 1. The largest absolute Gasteiger partial charge is 0.396 e. The van der Waals surface area contributed by atoms with E-state index in [1.54, 1.807) is 19.2 Å². The predicted octanol–water partition coefficient (Wildman–Crippen LogP) is 0.643. The van der Waals surface area contributed by atoms with E-state index >= 15 is 0 Å². The van der Waals surface area contributed by atoms with Gasteiger partial charge in [0.15, 0.2) is 0 Å². The molecule has 0 aliphatic rings. The summed E-state index contributed by atoms with van der Waals surface area (Å²) in [6, 6.07) is 3.58. The molecule has 0 spiro atoms. The van der Waals surface area contributed by atoms with Crippen molar-refractivity contribution in [3.63, 3.8) is 0 Å². The Bertz CT molecular complexity index is 405. The molecule has 0 saturated carbocycles. The number of aliphatic hydroxyl groups is 2. The van der Waals surface area contributed by atoms with Crippen LogP contribution >= 0.6 is 0 Å². The molecule has 18 heavy (non-hydrogen) atoms. The minimum absolute atomic E-state index is 0.0312. The van der Waals surface area contributed by atoms with Crippen molar-refractivity contribution in [1.29, 1.82) is 0 Å². The van der Waals surface area contributed by atoms with E-state index in [1.807, 2.05) is 13.0 Å². The fourth-order valence-corrected chi connectivity index (χ4v) is 1.63. The third-order valence-corrected chi connectivity index (χ3v) is 2.73. The van der Waals surface area contributed by atoms with Crippen LogP contribution in [-0.2, 0) is 0 Å². The lowest BCUT2D eigenvalue weighted by atomic mass is 10.0. The average molecular weight is 252 g/mol. The maximum absolute atomic E-state index is 11.9. The van der Waals surface area contributed by atoms with Crippen molar-refractivity contribution in [2.45, 2.75) is 32.3 Å². The van der Waals surface area contributed by atoms with Gasteiger partial charge in [0, 0.05) is 19.3 Å². The highest BCUT2D eigenvalue weighted by molar-refractivity contribution is 5.93. The molecule has 5 heteroatoms. The van der Waals surface area contributed by atoms with E-state index in [4.69, 9.17) is 5.11 Å². The number of hydrogen-bond acceptors (Lipinski definition) is 4. The molecule has 1 aromatic heterocycles. The maximum atomic E-state index is 11.9. The van der Waals surface area contributed by atoms with Gasteiger partial charge < -0.3 is 15.5 Å². The monoisotopic (exact) mass is 252 g/mol. The first-order valence-electron chi connectivity index (χ1n) is 5.99. The zero-order valence-corrected chi connectivity index (χ0v) is 10.8. The summed E-state index contributed by atoms with van der Waals surface area (Å²) >= 11 is 0. The molecule has 3 N–H and O–H groups in total. The minimum atomic E-state index is -1.01. The van der Waals surface area contributed by atoms with Crippen LogP contribution < -0.4 is 5.32 Å². The van der Waals surface area contributed by atoms with E-state index in [2.05, 4.69) is 10.3 Å². The van der Waals surface area contributed by atoms with E-state index < -0.39 is 5.60 Å². The summed E-state index contributed by atoms with van der Waals surface area (Å²) in [5.74, 6) is -0.294. The van der Waals surface area contributed by atoms with Crippen LogP contribution in [0.3, 0.4) is 0 Å². The fourth-order valence-electron chi connectivity index (χ4n) is 1.63. The number of nitrogens with zero attached hydrogens (tertiary/aromatic N) is 1. The second kappa shape index (κ2) is 6.47. The van der Waals surface area contributed by atoms with Gasteiger partial charge >= 0.3 is 0 Å². The lowest BCUT2D eigenvalue weighted by Crippen LogP contribution is -2.41. The van der Waals surface area contributed by atoms with Crippen LogP contribution in [-0.4, -0.2) is 39.9 Å². The molecule has 0 fully saturated rings. The number of nitrogens with one attached hydrogen (secondary N) is 1. The summed E-state index contributed by atoms with van der Waals surface area (Å²) in [4.78, 5) is 15.9. The summed E-state index contributed by atoms with van der Waals surface area (Å²) in [5, 5.41) is 21.3. The zero-order chi connectivity index (χ0) is 13.6. The highest BCUT2D eigenvalue weighted by Crippen LogP contribution is 2.11. The maximum Gasteiger partial charge on any atom is 0.270 e. The van der Waals surface area contributed by atoms with Crippen molar-refractivity contribution in [1.82, 2.24) is 10.3 Å². The molecule has 0 aromatic carbocycles. The van der Waals surface area contributed by atoms with Crippen LogP contribution in [0, 0.1) is 6.92 Å². The third-order valence-electron chi connectivity index (χ3n) is 2.73. The van der Waals surface area contributed by atoms with E-state index in [1.165, 1.54) is 0 Å². The number of amides is 1. The fraction of sp³-hybridized carbons (Fsp3) is 0.538. The molecule has 1 heterocycles. The summed E-state index contributed by atoms with van der Waals surface area (Å²) < 4.78 is 0. The van der Waals surface area contributed by atoms with Crippen LogP contribution in [0.4, 0.5) is 0 Å². The van der Waals surface area contributed by atoms with Crippen molar-refractivity contribution < 1.29 is 15.0 Å². The Kier molecular flexibility index (Phi) is 5.25. The van der Waals surface area contributed by atoms with E-state index in [-0.39, 0.29) is 19.1 Å². The first kappa shape index (κ1) is 14.6. The molecular formula is C13H20N2O3. The van der Waals surface area contributed by atoms with Gasteiger partial charge in [-0.05, 0) is 38.3 Å². The second-order valence-electron chi connectivity index (χ2n) is 4.68. The third kappa shape index (κ3) is 4.43. The van der Waals surface area contributed by atoms with Gasteiger partial charge in [-0.3, -0.25) is 9.78 Å². The zero-order valence-electron chi connectivity index (χ0n) is 10.8. The highest BCUT2D eigenvalue weighted by Gasteiger charge is 2.21.